The number of aromatic nitrogens is 3. The summed E-state index contributed by atoms with van der Waals surface area (Å²) in [4.78, 5) is 36.2. The van der Waals surface area contributed by atoms with Gasteiger partial charge in [0.25, 0.3) is 5.91 Å². The summed E-state index contributed by atoms with van der Waals surface area (Å²) < 4.78 is 0. The van der Waals surface area contributed by atoms with Gasteiger partial charge in [0.15, 0.2) is 11.5 Å². The van der Waals surface area contributed by atoms with Gasteiger partial charge in [0.1, 0.15) is 11.9 Å². The fraction of sp³-hybridized carbons (Fsp3) is 0.211. The number of pyridine rings is 1. The Morgan fingerprint density at radius 1 is 1.14 bits per heavy atom. The van der Waals surface area contributed by atoms with Crippen LogP contribution in [-0.4, -0.2) is 32.8 Å². The smallest absolute Gasteiger partial charge is 0.271 e. The van der Waals surface area contributed by atoms with Crippen LogP contribution < -0.4 is 22.1 Å². The highest BCUT2D eigenvalue weighted by Crippen LogP contribution is 2.26. The second-order valence-corrected chi connectivity index (χ2v) is 6.21. The summed E-state index contributed by atoms with van der Waals surface area (Å²) in [5.74, 6) is -0.728. The van der Waals surface area contributed by atoms with Crippen molar-refractivity contribution in [1.82, 2.24) is 15.0 Å². The highest BCUT2D eigenvalue weighted by molar-refractivity contribution is 5.99. The summed E-state index contributed by atoms with van der Waals surface area (Å²) >= 11 is 0. The minimum atomic E-state index is -0.722. The topological polar surface area (TPSA) is 149 Å². The number of nitrogens with two attached hydrogens (primary N) is 2. The Kier molecular flexibility index (Phi) is 5.64. The number of rotatable bonds is 8. The molecule has 0 radical (unpaired) electrons. The molecule has 2 amide bonds. The predicted molar refractivity (Wildman–Crippen MR) is 107 cm³/mol. The van der Waals surface area contributed by atoms with E-state index in [4.69, 9.17) is 11.5 Å². The summed E-state index contributed by atoms with van der Waals surface area (Å²) in [5.41, 5.74) is 12.3. The number of fused-ring (bicyclic) bond motifs is 1. The van der Waals surface area contributed by atoms with Gasteiger partial charge in [-0.05, 0) is 18.6 Å². The zero-order valence-electron chi connectivity index (χ0n) is 15.3. The second-order valence-electron chi connectivity index (χ2n) is 6.21. The molecular formula is C19H21N7O2. The van der Waals surface area contributed by atoms with Gasteiger partial charge in [-0.15, -0.1) is 0 Å². The predicted octanol–water partition coefficient (Wildman–Crippen LogP) is 1.93. The molecule has 1 atom stereocenters. The number of benzene rings is 1. The van der Waals surface area contributed by atoms with Crippen LogP contribution in [0.5, 0.6) is 0 Å². The monoisotopic (exact) mass is 379 g/mol. The third-order valence-corrected chi connectivity index (χ3v) is 4.15. The molecule has 0 unspecified atom stereocenters. The van der Waals surface area contributed by atoms with Crippen molar-refractivity contribution in [2.75, 3.05) is 10.6 Å². The number of primary amides is 2. The van der Waals surface area contributed by atoms with E-state index in [1.807, 2.05) is 31.2 Å². The van der Waals surface area contributed by atoms with E-state index in [1.54, 1.807) is 12.3 Å². The van der Waals surface area contributed by atoms with Crippen LogP contribution in [0.1, 0.15) is 30.3 Å². The molecule has 0 saturated carbocycles. The molecule has 0 bridgehead atoms. The van der Waals surface area contributed by atoms with Crippen molar-refractivity contribution in [2.24, 2.45) is 11.5 Å². The molecular weight excluding hydrogens is 358 g/mol. The van der Waals surface area contributed by atoms with E-state index in [0.29, 0.717) is 17.9 Å². The first-order valence-electron chi connectivity index (χ1n) is 8.83. The van der Waals surface area contributed by atoms with Gasteiger partial charge in [0.2, 0.25) is 5.91 Å². The first kappa shape index (κ1) is 19.0. The first-order chi connectivity index (χ1) is 13.5. The number of hydrogen-bond donors (Lipinski definition) is 4. The number of carbonyl (C=O) groups excluding carboxylic acids is 2. The molecule has 0 spiro atoms. The number of amides is 2. The maximum Gasteiger partial charge on any atom is 0.271 e. The molecule has 9 nitrogen and oxygen atoms in total. The Hall–Kier alpha value is -3.75. The van der Waals surface area contributed by atoms with E-state index in [-0.39, 0.29) is 11.5 Å². The van der Waals surface area contributed by atoms with Crippen molar-refractivity contribution in [3.63, 3.8) is 0 Å². The second kappa shape index (κ2) is 8.30. The summed E-state index contributed by atoms with van der Waals surface area (Å²) in [7, 11) is 0. The lowest BCUT2D eigenvalue weighted by molar-refractivity contribution is -0.118. The summed E-state index contributed by atoms with van der Waals surface area (Å²) in [5, 5.41) is 6.91. The van der Waals surface area contributed by atoms with Gasteiger partial charge in [-0.2, -0.15) is 0 Å². The van der Waals surface area contributed by atoms with Crippen LogP contribution in [0.2, 0.25) is 0 Å². The van der Waals surface area contributed by atoms with Gasteiger partial charge >= 0.3 is 0 Å². The summed E-state index contributed by atoms with van der Waals surface area (Å²) in [6.45, 7) is 1.95. The fourth-order valence-corrected chi connectivity index (χ4v) is 2.81. The standard InChI is InChI=1S/C19H21N7O2/c1-2-5-14(17(20)27)24-15-10-23-16(18(21)28)19(26-15)25-13-8-9-22-12-7-4-3-6-11(12)13/h3-4,6-10,14H,2,5H2,1H3,(H2,20,27)(H2,21,28)(H2,22,24,25,26)/t14-/m1/s1. The van der Waals surface area contributed by atoms with Crippen molar-refractivity contribution in [3.8, 4) is 0 Å². The zero-order chi connectivity index (χ0) is 20.1. The molecule has 0 saturated heterocycles. The summed E-state index contributed by atoms with van der Waals surface area (Å²) in [6, 6.07) is 8.72. The van der Waals surface area contributed by atoms with Gasteiger partial charge in [0.05, 0.1) is 17.4 Å². The van der Waals surface area contributed by atoms with E-state index in [2.05, 4.69) is 25.6 Å². The van der Waals surface area contributed by atoms with Crippen LogP contribution in [0.15, 0.2) is 42.7 Å². The van der Waals surface area contributed by atoms with Crippen molar-refractivity contribution >= 4 is 40.0 Å². The lowest BCUT2D eigenvalue weighted by Crippen LogP contribution is -2.35. The van der Waals surface area contributed by atoms with Crippen LogP contribution in [0.4, 0.5) is 17.3 Å². The number of para-hydroxylation sites is 1. The van der Waals surface area contributed by atoms with Gasteiger partial charge in [-0.1, -0.05) is 31.5 Å². The average Bonchev–Trinajstić information content (AvgIpc) is 2.68. The molecule has 0 fully saturated rings. The molecule has 2 aromatic heterocycles. The number of anilines is 3. The minimum absolute atomic E-state index is 0.0161. The van der Waals surface area contributed by atoms with E-state index in [1.165, 1.54) is 6.20 Å². The Labute approximate surface area is 161 Å². The molecule has 28 heavy (non-hydrogen) atoms. The maximum absolute atomic E-state index is 11.8. The lowest BCUT2D eigenvalue weighted by atomic mass is 10.1. The van der Waals surface area contributed by atoms with Crippen LogP contribution >= 0.6 is 0 Å². The third kappa shape index (κ3) is 4.14. The molecule has 1 aromatic carbocycles. The lowest BCUT2D eigenvalue weighted by Gasteiger charge is -2.17. The SMILES string of the molecule is CCC[C@@H](Nc1cnc(C(N)=O)c(Nc2ccnc3ccccc23)n1)C(N)=O. The normalized spacial score (nSPS) is 11.8. The van der Waals surface area contributed by atoms with Gasteiger partial charge in [-0.25, -0.2) is 9.97 Å². The number of nitrogens with zero attached hydrogens (tertiary/aromatic N) is 3. The maximum atomic E-state index is 11.8. The Bertz CT molecular complexity index is 1020. The molecule has 9 heteroatoms. The van der Waals surface area contributed by atoms with Crippen molar-refractivity contribution in [2.45, 2.75) is 25.8 Å². The van der Waals surface area contributed by atoms with Gasteiger partial charge < -0.3 is 22.1 Å². The quantitative estimate of drug-likeness (QED) is 0.467. The minimum Gasteiger partial charge on any atom is -0.368 e. The number of carbonyl (C=O) groups is 2. The molecule has 0 aliphatic carbocycles. The van der Waals surface area contributed by atoms with Crippen molar-refractivity contribution in [3.05, 3.63) is 48.4 Å². The van der Waals surface area contributed by atoms with E-state index in [0.717, 1.165) is 17.3 Å². The van der Waals surface area contributed by atoms with Crippen molar-refractivity contribution in [1.29, 1.82) is 0 Å². The van der Waals surface area contributed by atoms with Crippen molar-refractivity contribution < 1.29 is 9.59 Å². The van der Waals surface area contributed by atoms with E-state index < -0.39 is 17.9 Å². The van der Waals surface area contributed by atoms with Crippen LogP contribution in [0, 0.1) is 0 Å². The molecule has 3 aromatic rings. The largest absolute Gasteiger partial charge is 0.368 e. The molecule has 0 aliphatic rings. The van der Waals surface area contributed by atoms with Gasteiger partial charge in [-0.3, -0.25) is 14.6 Å². The number of nitrogens with one attached hydrogen (secondary N) is 2. The Morgan fingerprint density at radius 3 is 2.64 bits per heavy atom. The first-order valence-corrected chi connectivity index (χ1v) is 8.83. The van der Waals surface area contributed by atoms with Crippen LogP contribution in [0.3, 0.4) is 0 Å². The fourth-order valence-electron chi connectivity index (χ4n) is 2.81. The number of hydrogen-bond acceptors (Lipinski definition) is 7. The van der Waals surface area contributed by atoms with E-state index >= 15 is 0 Å². The third-order valence-electron chi connectivity index (χ3n) is 4.15. The Balaban J connectivity index is 1.98. The molecule has 6 N–H and O–H groups in total. The summed E-state index contributed by atoms with van der Waals surface area (Å²) in [6.07, 6.45) is 4.31. The van der Waals surface area contributed by atoms with Crippen LogP contribution in [0.25, 0.3) is 10.9 Å². The molecule has 2 heterocycles. The Morgan fingerprint density at radius 2 is 1.93 bits per heavy atom. The highest BCUT2D eigenvalue weighted by atomic mass is 16.1. The molecule has 144 valence electrons. The average molecular weight is 379 g/mol. The molecule has 3 rings (SSSR count). The molecule has 0 aliphatic heterocycles. The zero-order valence-corrected chi connectivity index (χ0v) is 15.3. The van der Waals surface area contributed by atoms with E-state index in [9.17, 15) is 9.59 Å². The van der Waals surface area contributed by atoms with Gasteiger partial charge in [0, 0.05) is 11.6 Å². The van der Waals surface area contributed by atoms with Crippen LogP contribution in [-0.2, 0) is 4.79 Å². The highest BCUT2D eigenvalue weighted by Gasteiger charge is 2.18.